The van der Waals surface area contributed by atoms with E-state index in [0.29, 0.717) is 35.5 Å². The second-order valence-corrected chi connectivity index (χ2v) is 6.51. The summed E-state index contributed by atoms with van der Waals surface area (Å²) < 4.78 is 16.3. The Hall–Kier alpha value is -3.34. The van der Waals surface area contributed by atoms with Crippen LogP contribution >= 0.6 is 0 Å². The van der Waals surface area contributed by atoms with Gasteiger partial charge in [0, 0.05) is 5.56 Å². The van der Waals surface area contributed by atoms with Crippen LogP contribution in [0.2, 0.25) is 0 Å². The van der Waals surface area contributed by atoms with E-state index in [1.54, 1.807) is 31.4 Å². The lowest BCUT2D eigenvalue weighted by atomic mass is 10.0. The maximum absolute atomic E-state index is 12.6. The molecule has 0 amide bonds. The van der Waals surface area contributed by atoms with E-state index in [9.17, 15) is 9.59 Å². The summed E-state index contributed by atoms with van der Waals surface area (Å²) in [4.78, 5) is 24.8. The lowest BCUT2D eigenvalue weighted by Crippen LogP contribution is -2.15. The van der Waals surface area contributed by atoms with E-state index < -0.39 is 5.97 Å². The monoisotopic (exact) mass is 394 g/mol. The number of hydrogen-bond acceptors (Lipinski definition) is 5. The number of benzene rings is 2. The van der Waals surface area contributed by atoms with Crippen LogP contribution in [0.25, 0.3) is 0 Å². The normalized spacial score (nSPS) is 10.2. The van der Waals surface area contributed by atoms with Gasteiger partial charge in [0.05, 0.1) is 26.2 Å². The molecule has 0 aromatic heterocycles. The van der Waals surface area contributed by atoms with Crippen molar-refractivity contribution in [3.8, 4) is 17.2 Å². The molecule has 2 aromatic carbocycles. The number of ketones is 1. The third kappa shape index (κ3) is 5.57. The number of methoxy groups -OCH3 is 2. The Morgan fingerprint density at radius 3 is 2.14 bits per heavy atom. The highest BCUT2D eigenvalue weighted by molar-refractivity contribution is 5.99. The fraction of sp³-hybridized carbons (Fsp3) is 0.250. The van der Waals surface area contributed by atoms with Crippen molar-refractivity contribution < 1.29 is 23.8 Å². The molecule has 0 bridgehead atoms. The van der Waals surface area contributed by atoms with Crippen molar-refractivity contribution >= 4 is 11.8 Å². The van der Waals surface area contributed by atoms with Crippen molar-refractivity contribution in [3.05, 3.63) is 77.9 Å². The molecule has 0 N–H and O–H groups in total. The zero-order valence-electron chi connectivity index (χ0n) is 17.1. The van der Waals surface area contributed by atoms with Crippen LogP contribution in [-0.2, 0) is 24.1 Å². The number of Topliss-reactive ketones (excluding diaryl/α,β-unsaturated/α-hetero) is 1. The number of esters is 1. The predicted molar refractivity (Wildman–Crippen MR) is 113 cm³/mol. The molecular weight excluding hydrogens is 368 g/mol. The van der Waals surface area contributed by atoms with Gasteiger partial charge in [0.25, 0.3) is 0 Å². The highest BCUT2D eigenvalue weighted by Gasteiger charge is 2.20. The Bertz CT molecular complexity index is 927. The first-order chi connectivity index (χ1) is 13.9. The van der Waals surface area contributed by atoms with Crippen LogP contribution in [0.5, 0.6) is 17.2 Å². The molecule has 0 heterocycles. The zero-order chi connectivity index (χ0) is 21.4. The average Bonchev–Trinajstić information content (AvgIpc) is 2.70. The summed E-state index contributed by atoms with van der Waals surface area (Å²) in [5, 5.41) is 0. The summed E-state index contributed by atoms with van der Waals surface area (Å²) in [6, 6.07) is 9.05. The molecule has 2 aromatic rings. The molecule has 152 valence electrons. The van der Waals surface area contributed by atoms with Crippen LogP contribution in [0.3, 0.4) is 0 Å². The van der Waals surface area contributed by atoms with Gasteiger partial charge in [-0.15, -0.1) is 13.2 Å². The standard InChI is InChI=1S/C24H26O5/c1-6-8-17-10-11-19(21(13-17)27-4)15-23(26)29-24-20(16(3)25)12-18(9-7-2)14-22(24)28-5/h6-7,10-14H,1-2,8-9,15H2,3-5H3. The van der Waals surface area contributed by atoms with E-state index in [4.69, 9.17) is 14.2 Å². The summed E-state index contributed by atoms with van der Waals surface area (Å²) in [6.45, 7) is 8.86. The molecule has 0 radical (unpaired) electrons. The SMILES string of the molecule is C=CCc1ccc(CC(=O)Oc2c(OC)cc(CC=C)cc2C(C)=O)c(OC)c1. The van der Waals surface area contributed by atoms with Crippen molar-refractivity contribution in [1.29, 1.82) is 0 Å². The van der Waals surface area contributed by atoms with Crippen molar-refractivity contribution in [2.75, 3.05) is 14.2 Å². The van der Waals surface area contributed by atoms with Crippen LogP contribution in [-0.4, -0.2) is 26.0 Å². The predicted octanol–water partition coefficient (Wildman–Crippen LogP) is 4.51. The van der Waals surface area contributed by atoms with Gasteiger partial charge >= 0.3 is 5.97 Å². The van der Waals surface area contributed by atoms with Crippen LogP contribution < -0.4 is 14.2 Å². The van der Waals surface area contributed by atoms with E-state index in [1.807, 2.05) is 18.2 Å². The fourth-order valence-electron chi connectivity index (χ4n) is 3.00. The van der Waals surface area contributed by atoms with Gasteiger partial charge in [-0.2, -0.15) is 0 Å². The Kier molecular flexibility index (Phi) is 7.78. The van der Waals surface area contributed by atoms with E-state index >= 15 is 0 Å². The molecule has 0 aliphatic carbocycles. The number of hydrogen-bond donors (Lipinski definition) is 0. The highest BCUT2D eigenvalue weighted by atomic mass is 16.6. The first-order valence-electron chi connectivity index (χ1n) is 9.23. The molecule has 0 unspecified atom stereocenters. The number of rotatable bonds is 10. The van der Waals surface area contributed by atoms with Gasteiger partial charge < -0.3 is 14.2 Å². The molecule has 0 aliphatic rings. The zero-order valence-corrected chi connectivity index (χ0v) is 17.1. The molecule has 29 heavy (non-hydrogen) atoms. The summed E-state index contributed by atoms with van der Waals surface area (Å²) in [5.74, 6) is 0.318. The minimum Gasteiger partial charge on any atom is -0.496 e. The minimum absolute atomic E-state index is 0.00749. The van der Waals surface area contributed by atoms with Gasteiger partial charge in [-0.1, -0.05) is 24.3 Å². The van der Waals surface area contributed by atoms with Crippen LogP contribution in [0.4, 0.5) is 0 Å². The molecule has 0 atom stereocenters. The third-order valence-electron chi connectivity index (χ3n) is 4.38. The van der Waals surface area contributed by atoms with Crippen molar-refractivity contribution in [3.63, 3.8) is 0 Å². The second kappa shape index (κ2) is 10.3. The van der Waals surface area contributed by atoms with Gasteiger partial charge in [-0.3, -0.25) is 9.59 Å². The largest absolute Gasteiger partial charge is 0.496 e. The maximum atomic E-state index is 12.6. The van der Waals surface area contributed by atoms with E-state index in [-0.39, 0.29) is 18.0 Å². The Balaban J connectivity index is 2.32. The van der Waals surface area contributed by atoms with Gasteiger partial charge in [0.2, 0.25) is 0 Å². The van der Waals surface area contributed by atoms with Crippen LogP contribution in [0, 0.1) is 0 Å². The molecule has 2 rings (SSSR count). The Morgan fingerprint density at radius 1 is 0.931 bits per heavy atom. The van der Waals surface area contributed by atoms with Crippen molar-refractivity contribution in [2.45, 2.75) is 26.2 Å². The minimum atomic E-state index is -0.517. The molecule has 5 heteroatoms. The quantitative estimate of drug-likeness (QED) is 0.257. The first kappa shape index (κ1) is 22.0. The Labute approximate surface area is 171 Å². The van der Waals surface area contributed by atoms with Gasteiger partial charge in [0.1, 0.15) is 5.75 Å². The number of carbonyl (C=O) groups excluding carboxylic acids is 2. The molecule has 0 fully saturated rings. The topological polar surface area (TPSA) is 61.8 Å². The summed E-state index contributed by atoms with van der Waals surface area (Å²) in [6.07, 6.45) is 4.80. The third-order valence-corrected chi connectivity index (χ3v) is 4.38. The molecule has 0 saturated heterocycles. The lowest BCUT2D eigenvalue weighted by Gasteiger charge is -2.15. The molecular formula is C24H26O5. The van der Waals surface area contributed by atoms with Gasteiger partial charge in [-0.25, -0.2) is 0 Å². The van der Waals surface area contributed by atoms with Crippen LogP contribution in [0.15, 0.2) is 55.6 Å². The van der Waals surface area contributed by atoms with Crippen molar-refractivity contribution in [1.82, 2.24) is 0 Å². The summed E-state index contributed by atoms with van der Waals surface area (Å²) >= 11 is 0. The van der Waals surface area contributed by atoms with E-state index in [1.165, 1.54) is 14.0 Å². The van der Waals surface area contributed by atoms with Gasteiger partial charge in [0.15, 0.2) is 17.3 Å². The summed E-state index contributed by atoms with van der Waals surface area (Å²) in [5.41, 5.74) is 2.87. The Morgan fingerprint density at radius 2 is 1.55 bits per heavy atom. The van der Waals surface area contributed by atoms with E-state index in [0.717, 1.165) is 11.1 Å². The van der Waals surface area contributed by atoms with Crippen LogP contribution in [0.1, 0.15) is 34.0 Å². The average molecular weight is 394 g/mol. The van der Waals surface area contributed by atoms with Crippen molar-refractivity contribution in [2.24, 2.45) is 0 Å². The number of ether oxygens (including phenoxy) is 3. The smallest absolute Gasteiger partial charge is 0.315 e. The second-order valence-electron chi connectivity index (χ2n) is 6.51. The lowest BCUT2D eigenvalue weighted by molar-refractivity contribution is -0.133. The van der Waals surface area contributed by atoms with E-state index in [2.05, 4.69) is 13.2 Å². The molecule has 0 saturated carbocycles. The maximum Gasteiger partial charge on any atom is 0.315 e. The highest BCUT2D eigenvalue weighted by Crippen LogP contribution is 2.34. The number of carbonyl (C=O) groups is 2. The number of allylic oxidation sites excluding steroid dienone is 2. The first-order valence-corrected chi connectivity index (χ1v) is 9.23. The fourth-order valence-corrected chi connectivity index (χ4v) is 3.00. The summed E-state index contributed by atoms with van der Waals surface area (Å²) in [7, 11) is 3.02. The van der Waals surface area contributed by atoms with Gasteiger partial charge in [-0.05, 0) is 49.1 Å². The molecule has 0 aliphatic heterocycles. The molecule has 5 nitrogen and oxygen atoms in total. The molecule has 0 spiro atoms.